The lowest BCUT2D eigenvalue weighted by atomic mass is 9.88. The number of para-hydroxylation sites is 1. The Labute approximate surface area is 251 Å². The number of benzene rings is 5. The van der Waals surface area contributed by atoms with Crippen LogP contribution in [-0.2, 0) is 11.3 Å². The number of aromatic hydroxyl groups is 3. The summed E-state index contributed by atoms with van der Waals surface area (Å²) < 4.78 is 10.9. The molecule has 0 aromatic heterocycles. The number of carbonyl (C=O) groups excluding carboxylic acids is 4. The number of hydrogen-bond acceptors (Lipinski definition) is 9. The van der Waals surface area contributed by atoms with Gasteiger partial charge in [-0.1, -0.05) is 91.0 Å². The topological polar surface area (TPSA) is 147 Å². The van der Waals surface area contributed by atoms with Crippen LogP contribution in [0.1, 0.15) is 58.1 Å². The van der Waals surface area contributed by atoms with Crippen molar-refractivity contribution < 1.29 is 44.0 Å². The summed E-state index contributed by atoms with van der Waals surface area (Å²) in [5.74, 6) is -7.97. The largest absolute Gasteiger partial charge is 0.507 e. The summed E-state index contributed by atoms with van der Waals surface area (Å²) in [6.45, 7) is -0.288. The zero-order chi connectivity index (χ0) is 31.2. The molecule has 0 aliphatic rings. The maximum absolute atomic E-state index is 14.1. The van der Waals surface area contributed by atoms with Gasteiger partial charge in [-0.2, -0.15) is 0 Å². The molecule has 218 valence electrons. The van der Waals surface area contributed by atoms with Crippen molar-refractivity contribution in [1.82, 2.24) is 0 Å². The van der Waals surface area contributed by atoms with Gasteiger partial charge in [-0.3, -0.25) is 9.59 Å². The summed E-state index contributed by atoms with van der Waals surface area (Å²) in [4.78, 5) is 54.9. The van der Waals surface area contributed by atoms with Crippen LogP contribution in [0, 0.1) is 0 Å². The standard InChI is InChI=1S/C35H24O9/c36-25-19-11-10-18-24(25)30(38)28-26(35(42)43-20-21-12-4-1-5-13-21)27(29(37)22-14-6-2-7-15-22)31(39)32(40)33(28)44-34(41)23-16-8-3-9-17-23/h1-19,36,39-40H,20H2. The van der Waals surface area contributed by atoms with Gasteiger partial charge in [0.25, 0.3) is 0 Å². The zero-order valence-corrected chi connectivity index (χ0v) is 23.0. The van der Waals surface area contributed by atoms with Crippen LogP contribution in [0.2, 0.25) is 0 Å². The summed E-state index contributed by atoms with van der Waals surface area (Å²) in [7, 11) is 0. The molecule has 0 aliphatic carbocycles. The Bertz CT molecular complexity index is 1870. The molecule has 0 amide bonds. The van der Waals surface area contributed by atoms with E-state index in [-0.39, 0.29) is 23.3 Å². The SMILES string of the molecule is O=C(Oc1c(O)c(O)c(C(=O)c2ccccc2)c(C(=O)OCc2ccccc2)c1C(=O)c1ccccc1O)c1ccccc1. The van der Waals surface area contributed by atoms with Gasteiger partial charge in [0.05, 0.1) is 27.8 Å². The molecule has 9 nitrogen and oxygen atoms in total. The predicted octanol–water partition coefficient (Wildman–Crippen LogP) is 5.84. The Balaban J connectivity index is 1.78. The molecule has 0 unspecified atom stereocenters. The molecular weight excluding hydrogens is 564 g/mol. The number of ketones is 2. The van der Waals surface area contributed by atoms with Crippen LogP contribution in [-0.4, -0.2) is 38.8 Å². The highest BCUT2D eigenvalue weighted by Crippen LogP contribution is 2.47. The summed E-state index contributed by atoms with van der Waals surface area (Å²) in [5.41, 5.74) is -2.05. The van der Waals surface area contributed by atoms with Crippen LogP contribution in [0.5, 0.6) is 23.0 Å². The van der Waals surface area contributed by atoms with Gasteiger partial charge in [0.1, 0.15) is 12.4 Å². The van der Waals surface area contributed by atoms with Crippen molar-refractivity contribution in [2.75, 3.05) is 0 Å². The highest BCUT2D eigenvalue weighted by atomic mass is 16.5. The third-order valence-electron chi connectivity index (χ3n) is 6.66. The number of hydrogen-bond donors (Lipinski definition) is 3. The van der Waals surface area contributed by atoms with Gasteiger partial charge in [-0.15, -0.1) is 0 Å². The van der Waals surface area contributed by atoms with E-state index in [9.17, 15) is 34.5 Å². The van der Waals surface area contributed by atoms with Crippen LogP contribution < -0.4 is 4.74 Å². The van der Waals surface area contributed by atoms with Gasteiger partial charge in [0.2, 0.25) is 11.5 Å². The van der Waals surface area contributed by atoms with Crippen LogP contribution >= 0.6 is 0 Å². The molecule has 0 heterocycles. The Kier molecular flexibility index (Phi) is 8.48. The maximum Gasteiger partial charge on any atom is 0.343 e. The van der Waals surface area contributed by atoms with Crippen molar-refractivity contribution in [2.24, 2.45) is 0 Å². The van der Waals surface area contributed by atoms with Crippen molar-refractivity contribution in [3.05, 3.63) is 154 Å². The fourth-order valence-corrected chi connectivity index (χ4v) is 4.50. The number of phenols is 3. The summed E-state index contributed by atoms with van der Waals surface area (Å²) >= 11 is 0. The first-order valence-corrected chi connectivity index (χ1v) is 13.3. The van der Waals surface area contributed by atoms with Crippen molar-refractivity contribution in [3.63, 3.8) is 0 Å². The predicted molar refractivity (Wildman–Crippen MR) is 158 cm³/mol. The van der Waals surface area contributed by atoms with Crippen LogP contribution in [0.4, 0.5) is 0 Å². The molecule has 0 saturated carbocycles. The molecule has 0 spiro atoms. The van der Waals surface area contributed by atoms with Gasteiger partial charge in [-0.25, -0.2) is 9.59 Å². The Morgan fingerprint density at radius 2 is 1.07 bits per heavy atom. The van der Waals surface area contributed by atoms with Crippen LogP contribution in [0.25, 0.3) is 0 Å². The molecule has 3 N–H and O–H groups in total. The number of rotatable bonds is 9. The minimum absolute atomic E-state index is 0.00861. The molecule has 9 heteroatoms. The Morgan fingerprint density at radius 3 is 1.68 bits per heavy atom. The first-order valence-electron chi connectivity index (χ1n) is 13.3. The van der Waals surface area contributed by atoms with E-state index < -0.39 is 63.2 Å². The minimum Gasteiger partial charge on any atom is -0.507 e. The average Bonchev–Trinajstić information content (AvgIpc) is 3.06. The van der Waals surface area contributed by atoms with Gasteiger partial charge in [-0.05, 0) is 29.8 Å². The quantitative estimate of drug-likeness (QED) is 0.0836. The lowest BCUT2D eigenvalue weighted by Crippen LogP contribution is -2.21. The molecule has 0 saturated heterocycles. The molecule has 0 bridgehead atoms. The maximum atomic E-state index is 14.1. The lowest BCUT2D eigenvalue weighted by molar-refractivity contribution is 0.0464. The van der Waals surface area contributed by atoms with Crippen LogP contribution in [0.15, 0.2) is 115 Å². The smallest absolute Gasteiger partial charge is 0.343 e. The normalized spacial score (nSPS) is 10.5. The van der Waals surface area contributed by atoms with E-state index in [1.165, 1.54) is 48.5 Å². The molecule has 0 fully saturated rings. The Morgan fingerprint density at radius 1 is 0.523 bits per heavy atom. The summed E-state index contributed by atoms with van der Waals surface area (Å²) in [6, 6.07) is 29.0. The summed E-state index contributed by atoms with van der Waals surface area (Å²) in [6.07, 6.45) is 0. The van der Waals surface area contributed by atoms with Crippen LogP contribution in [0.3, 0.4) is 0 Å². The van der Waals surface area contributed by atoms with E-state index in [1.54, 1.807) is 66.7 Å². The fourth-order valence-electron chi connectivity index (χ4n) is 4.50. The van der Waals surface area contributed by atoms with E-state index in [0.717, 1.165) is 0 Å². The van der Waals surface area contributed by atoms with E-state index >= 15 is 0 Å². The molecule has 0 atom stereocenters. The second-order valence-electron chi connectivity index (χ2n) is 9.51. The van der Waals surface area contributed by atoms with Crippen molar-refractivity contribution in [2.45, 2.75) is 6.61 Å². The Hall–Kier alpha value is -6.22. The first-order chi connectivity index (χ1) is 21.3. The molecule has 5 aromatic carbocycles. The van der Waals surface area contributed by atoms with Gasteiger partial charge in [0.15, 0.2) is 17.3 Å². The third-order valence-corrected chi connectivity index (χ3v) is 6.66. The van der Waals surface area contributed by atoms with Crippen molar-refractivity contribution in [3.8, 4) is 23.0 Å². The first kappa shape index (κ1) is 29.3. The highest BCUT2D eigenvalue weighted by Gasteiger charge is 2.38. The molecule has 44 heavy (non-hydrogen) atoms. The van der Waals surface area contributed by atoms with Crippen molar-refractivity contribution >= 4 is 23.5 Å². The third kappa shape index (κ3) is 5.88. The molecule has 5 rings (SSSR count). The van der Waals surface area contributed by atoms with Crippen molar-refractivity contribution in [1.29, 1.82) is 0 Å². The van der Waals surface area contributed by atoms with E-state index in [4.69, 9.17) is 9.47 Å². The average molecular weight is 589 g/mol. The second-order valence-corrected chi connectivity index (χ2v) is 9.51. The number of phenolic OH excluding ortho intramolecular Hbond substituents is 3. The molecule has 0 radical (unpaired) electrons. The molecular formula is C35H24O9. The van der Waals surface area contributed by atoms with Gasteiger partial charge >= 0.3 is 11.9 Å². The minimum atomic E-state index is -1.24. The number of esters is 2. The van der Waals surface area contributed by atoms with Gasteiger partial charge in [0, 0.05) is 5.56 Å². The number of ether oxygens (including phenoxy) is 2. The molecule has 0 aliphatic heterocycles. The highest BCUT2D eigenvalue weighted by molar-refractivity contribution is 6.24. The zero-order valence-electron chi connectivity index (χ0n) is 23.0. The fraction of sp³-hybridized carbons (Fsp3) is 0.0286. The van der Waals surface area contributed by atoms with Gasteiger partial charge < -0.3 is 24.8 Å². The van der Waals surface area contributed by atoms with E-state index in [1.807, 2.05) is 0 Å². The van der Waals surface area contributed by atoms with E-state index in [0.29, 0.717) is 5.56 Å². The monoisotopic (exact) mass is 588 g/mol. The summed E-state index contributed by atoms with van der Waals surface area (Å²) in [5, 5.41) is 32.9. The lowest BCUT2D eigenvalue weighted by Gasteiger charge is -2.20. The van der Waals surface area contributed by atoms with E-state index in [2.05, 4.69) is 0 Å². The molecule has 5 aromatic rings. The number of carbonyl (C=O) groups is 4. The second kappa shape index (κ2) is 12.7.